The van der Waals surface area contributed by atoms with Crippen molar-refractivity contribution in [1.29, 1.82) is 0 Å². The van der Waals surface area contributed by atoms with Gasteiger partial charge in [-0.05, 0) is 55.8 Å². The van der Waals surface area contributed by atoms with Crippen molar-refractivity contribution in [2.45, 2.75) is 66.3 Å². The molecule has 0 bridgehead atoms. The molecule has 1 aromatic carbocycles. The Balaban J connectivity index is 2.85. The standard InChI is InChI=1S/C18H31N/c1-6-11-19-18(13-16(7-2)8-3)17-10-9-14(4)15(5)12-17/h9-10,12,16,18-19H,6-8,11,13H2,1-5H3. The summed E-state index contributed by atoms with van der Waals surface area (Å²) in [4.78, 5) is 0. The third-order valence-corrected chi connectivity index (χ3v) is 4.30. The fourth-order valence-electron chi connectivity index (χ4n) is 2.59. The first-order valence-electron chi connectivity index (χ1n) is 7.92. The molecule has 19 heavy (non-hydrogen) atoms. The van der Waals surface area contributed by atoms with Crippen LogP contribution in [0.1, 0.15) is 69.2 Å². The van der Waals surface area contributed by atoms with Crippen molar-refractivity contribution in [3.8, 4) is 0 Å². The molecule has 0 heterocycles. The number of nitrogens with one attached hydrogen (secondary N) is 1. The summed E-state index contributed by atoms with van der Waals surface area (Å²) in [5, 5.41) is 3.73. The van der Waals surface area contributed by atoms with Crippen molar-refractivity contribution < 1.29 is 0 Å². The Labute approximate surface area is 119 Å². The van der Waals surface area contributed by atoms with E-state index in [4.69, 9.17) is 0 Å². The van der Waals surface area contributed by atoms with Gasteiger partial charge in [0.05, 0.1) is 0 Å². The zero-order valence-electron chi connectivity index (χ0n) is 13.4. The van der Waals surface area contributed by atoms with Gasteiger partial charge in [-0.1, -0.05) is 51.8 Å². The Morgan fingerprint density at radius 2 is 1.68 bits per heavy atom. The van der Waals surface area contributed by atoms with E-state index in [1.807, 2.05) is 0 Å². The average Bonchev–Trinajstić information content (AvgIpc) is 2.42. The van der Waals surface area contributed by atoms with Gasteiger partial charge in [0, 0.05) is 6.04 Å². The Kier molecular flexibility index (Phi) is 7.15. The molecule has 1 atom stereocenters. The molecule has 0 aliphatic carbocycles. The Bertz CT molecular complexity index is 366. The molecule has 0 saturated carbocycles. The molecule has 1 heteroatoms. The minimum atomic E-state index is 0.518. The Morgan fingerprint density at radius 1 is 1.00 bits per heavy atom. The van der Waals surface area contributed by atoms with Crippen molar-refractivity contribution in [2.75, 3.05) is 6.54 Å². The van der Waals surface area contributed by atoms with Gasteiger partial charge in [-0.2, -0.15) is 0 Å². The first-order chi connectivity index (χ1) is 9.12. The van der Waals surface area contributed by atoms with E-state index in [-0.39, 0.29) is 0 Å². The van der Waals surface area contributed by atoms with Gasteiger partial charge in [0.25, 0.3) is 0 Å². The summed E-state index contributed by atoms with van der Waals surface area (Å²) >= 11 is 0. The minimum Gasteiger partial charge on any atom is -0.310 e. The Morgan fingerprint density at radius 3 is 2.21 bits per heavy atom. The molecule has 108 valence electrons. The van der Waals surface area contributed by atoms with E-state index >= 15 is 0 Å². The molecular weight excluding hydrogens is 230 g/mol. The summed E-state index contributed by atoms with van der Waals surface area (Å²) in [7, 11) is 0. The highest BCUT2D eigenvalue weighted by atomic mass is 14.9. The molecule has 0 radical (unpaired) electrons. The first kappa shape index (κ1) is 16.2. The number of aryl methyl sites for hydroxylation is 2. The minimum absolute atomic E-state index is 0.518. The Hall–Kier alpha value is -0.820. The lowest BCUT2D eigenvalue weighted by Crippen LogP contribution is -2.24. The van der Waals surface area contributed by atoms with Gasteiger partial charge < -0.3 is 5.32 Å². The third kappa shape index (κ3) is 4.99. The van der Waals surface area contributed by atoms with Crippen molar-refractivity contribution >= 4 is 0 Å². The largest absolute Gasteiger partial charge is 0.310 e. The van der Waals surface area contributed by atoms with Gasteiger partial charge >= 0.3 is 0 Å². The molecule has 0 saturated heterocycles. The van der Waals surface area contributed by atoms with Gasteiger partial charge in [-0.15, -0.1) is 0 Å². The highest BCUT2D eigenvalue weighted by Gasteiger charge is 2.15. The first-order valence-corrected chi connectivity index (χ1v) is 7.92. The summed E-state index contributed by atoms with van der Waals surface area (Å²) < 4.78 is 0. The van der Waals surface area contributed by atoms with E-state index < -0.39 is 0 Å². The van der Waals surface area contributed by atoms with Crippen LogP contribution in [0, 0.1) is 19.8 Å². The van der Waals surface area contributed by atoms with Gasteiger partial charge in [-0.25, -0.2) is 0 Å². The predicted octanol–water partition coefficient (Wildman–Crippen LogP) is 5.17. The fraction of sp³-hybridized carbons (Fsp3) is 0.667. The molecule has 0 amide bonds. The molecule has 1 unspecified atom stereocenters. The molecular formula is C18H31N. The molecule has 1 rings (SSSR count). The van der Waals surface area contributed by atoms with Crippen LogP contribution in [0.5, 0.6) is 0 Å². The summed E-state index contributed by atoms with van der Waals surface area (Å²) in [6, 6.07) is 7.45. The zero-order valence-corrected chi connectivity index (χ0v) is 13.4. The molecule has 0 spiro atoms. The molecule has 0 aromatic heterocycles. The third-order valence-electron chi connectivity index (χ3n) is 4.30. The van der Waals surface area contributed by atoms with Crippen molar-refractivity contribution in [3.63, 3.8) is 0 Å². The van der Waals surface area contributed by atoms with E-state index in [2.05, 4.69) is 58.1 Å². The van der Waals surface area contributed by atoms with Crippen LogP contribution >= 0.6 is 0 Å². The molecule has 1 nitrogen and oxygen atoms in total. The topological polar surface area (TPSA) is 12.0 Å². The van der Waals surface area contributed by atoms with Crippen LogP contribution in [0.25, 0.3) is 0 Å². The average molecular weight is 261 g/mol. The lowest BCUT2D eigenvalue weighted by atomic mass is 9.90. The molecule has 1 N–H and O–H groups in total. The summed E-state index contributed by atoms with van der Waals surface area (Å²) in [6.07, 6.45) is 5.02. The van der Waals surface area contributed by atoms with Crippen LogP contribution in [0.4, 0.5) is 0 Å². The van der Waals surface area contributed by atoms with Gasteiger partial charge in [-0.3, -0.25) is 0 Å². The second-order valence-corrected chi connectivity index (χ2v) is 5.77. The van der Waals surface area contributed by atoms with E-state index in [1.54, 1.807) is 0 Å². The summed E-state index contributed by atoms with van der Waals surface area (Å²) in [5.41, 5.74) is 4.26. The van der Waals surface area contributed by atoms with E-state index in [9.17, 15) is 0 Å². The lowest BCUT2D eigenvalue weighted by molar-refractivity contribution is 0.371. The number of benzene rings is 1. The van der Waals surface area contributed by atoms with Crippen LogP contribution in [0.3, 0.4) is 0 Å². The van der Waals surface area contributed by atoms with Crippen LogP contribution in [-0.4, -0.2) is 6.54 Å². The molecule has 0 aliphatic heterocycles. The van der Waals surface area contributed by atoms with E-state index in [0.717, 1.165) is 12.5 Å². The van der Waals surface area contributed by atoms with Gasteiger partial charge in [0.15, 0.2) is 0 Å². The van der Waals surface area contributed by atoms with Crippen LogP contribution in [-0.2, 0) is 0 Å². The maximum atomic E-state index is 3.73. The normalized spacial score (nSPS) is 12.9. The quantitative estimate of drug-likeness (QED) is 0.680. The molecule has 0 aliphatic rings. The highest BCUT2D eigenvalue weighted by molar-refractivity contribution is 5.31. The summed E-state index contributed by atoms with van der Waals surface area (Å²) in [5.74, 6) is 0.830. The number of rotatable bonds is 8. The van der Waals surface area contributed by atoms with Crippen molar-refractivity contribution in [1.82, 2.24) is 5.32 Å². The van der Waals surface area contributed by atoms with Crippen LogP contribution in [0.2, 0.25) is 0 Å². The van der Waals surface area contributed by atoms with Crippen molar-refractivity contribution in [2.24, 2.45) is 5.92 Å². The smallest absolute Gasteiger partial charge is 0.0322 e. The SMILES string of the molecule is CCCNC(CC(CC)CC)c1ccc(C)c(C)c1. The zero-order chi connectivity index (χ0) is 14.3. The van der Waals surface area contributed by atoms with Crippen LogP contribution in [0.15, 0.2) is 18.2 Å². The number of hydrogen-bond donors (Lipinski definition) is 1. The second-order valence-electron chi connectivity index (χ2n) is 5.77. The van der Waals surface area contributed by atoms with Gasteiger partial charge in [0.2, 0.25) is 0 Å². The molecule has 1 aromatic rings. The van der Waals surface area contributed by atoms with E-state index in [1.165, 1.54) is 42.4 Å². The second kappa shape index (κ2) is 8.37. The summed E-state index contributed by atoms with van der Waals surface area (Å²) in [6.45, 7) is 12.4. The van der Waals surface area contributed by atoms with E-state index in [0.29, 0.717) is 6.04 Å². The number of hydrogen-bond acceptors (Lipinski definition) is 1. The maximum absolute atomic E-state index is 3.73. The molecule has 0 fully saturated rings. The lowest BCUT2D eigenvalue weighted by Gasteiger charge is -2.24. The monoisotopic (exact) mass is 261 g/mol. The van der Waals surface area contributed by atoms with Crippen molar-refractivity contribution in [3.05, 3.63) is 34.9 Å². The maximum Gasteiger partial charge on any atom is 0.0322 e. The van der Waals surface area contributed by atoms with Gasteiger partial charge in [0.1, 0.15) is 0 Å². The fourth-order valence-corrected chi connectivity index (χ4v) is 2.59. The predicted molar refractivity (Wildman–Crippen MR) is 85.6 cm³/mol. The van der Waals surface area contributed by atoms with Crippen LogP contribution < -0.4 is 5.32 Å². The highest BCUT2D eigenvalue weighted by Crippen LogP contribution is 2.26.